The minimum absolute atomic E-state index is 0.102. The Morgan fingerprint density at radius 3 is 2.82 bits per heavy atom. The second-order valence-electron chi connectivity index (χ2n) is 4.28. The Morgan fingerprint density at radius 1 is 1.35 bits per heavy atom. The third-order valence-corrected chi connectivity index (χ3v) is 3.75. The van der Waals surface area contributed by atoms with Gasteiger partial charge < -0.3 is 5.32 Å². The van der Waals surface area contributed by atoms with Gasteiger partial charge >= 0.3 is 0 Å². The number of hydrogen-bond acceptors (Lipinski definition) is 2. The van der Waals surface area contributed by atoms with E-state index in [9.17, 15) is 4.39 Å². The van der Waals surface area contributed by atoms with Crippen LogP contribution in [0.15, 0.2) is 29.2 Å². The molecule has 0 aromatic heterocycles. The Kier molecular flexibility index (Phi) is 7.29. The first-order valence-electron chi connectivity index (χ1n) is 6.34. The third-order valence-electron chi connectivity index (χ3n) is 2.62. The predicted octanol–water partition coefficient (Wildman–Crippen LogP) is 4.09. The molecular weight excluding hydrogens is 233 g/mol. The first-order chi connectivity index (χ1) is 8.24. The average molecular weight is 255 g/mol. The number of rotatable bonds is 8. The van der Waals surface area contributed by atoms with Gasteiger partial charge in [0, 0.05) is 10.9 Å². The van der Waals surface area contributed by atoms with Gasteiger partial charge in [0.15, 0.2) is 0 Å². The first kappa shape index (κ1) is 14.5. The van der Waals surface area contributed by atoms with Gasteiger partial charge in [-0.05, 0) is 50.6 Å². The van der Waals surface area contributed by atoms with E-state index in [-0.39, 0.29) is 5.82 Å². The quantitative estimate of drug-likeness (QED) is 0.555. The summed E-state index contributed by atoms with van der Waals surface area (Å²) in [6, 6.07) is 7.55. The number of nitrogens with one attached hydrogen (secondary N) is 1. The van der Waals surface area contributed by atoms with Crippen LogP contribution in [0, 0.1) is 5.82 Å². The molecule has 0 amide bonds. The normalized spacial score (nSPS) is 12.6. The molecule has 0 bridgehead atoms. The maximum atomic E-state index is 13.3. The molecule has 1 aromatic carbocycles. The summed E-state index contributed by atoms with van der Waals surface area (Å²) in [7, 11) is 0. The molecule has 0 heterocycles. The van der Waals surface area contributed by atoms with Crippen molar-refractivity contribution in [2.24, 2.45) is 0 Å². The van der Waals surface area contributed by atoms with Crippen molar-refractivity contribution in [3.63, 3.8) is 0 Å². The Bertz CT molecular complexity index is 317. The maximum absolute atomic E-state index is 13.3. The van der Waals surface area contributed by atoms with Crippen molar-refractivity contribution in [3.8, 4) is 0 Å². The second-order valence-corrected chi connectivity index (χ2v) is 5.41. The number of hydrogen-bond donors (Lipinski definition) is 1. The second kappa shape index (κ2) is 8.54. The van der Waals surface area contributed by atoms with E-state index in [0.29, 0.717) is 6.04 Å². The van der Waals surface area contributed by atoms with Crippen molar-refractivity contribution in [2.45, 2.75) is 44.0 Å². The van der Waals surface area contributed by atoms with Crippen LogP contribution in [-0.2, 0) is 0 Å². The molecule has 1 nitrogen and oxygen atoms in total. The predicted molar refractivity (Wildman–Crippen MR) is 74.1 cm³/mol. The van der Waals surface area contributed by atoms with E-state index in [1.54, 1.807) is 17.8 Å². The Morgan fingerprint density at radius 2 is 2.12 bits per heavy atom. The van der Waals surface area contributed by atoms with Gasteiger partial charge in [-0.25, -0.2) is 4.39 Å². The summed E-state index contributed by atoms with van der Waals surface area (Å²) in [5.74, 6) is 0.883. The van der Waals surface area contributed by atoms with Gasteiger partial charge in [0.2, 0.25) is 0 Å². The van der Waals surface area contributed by atoms with Gasteiger partial charge in [-0.3, -0.25) is 0 Å². The van der Waals surface area contributed by atoms with E-state index in [2.05, 4.69) is 19.2 Å². The summed E-state index contributed by atoms with van der Waals surface area (Å²) >= 11 is 1.61. The summed E-state index contributed by atoms with van der Waals surface area (Å²) in [4.78, 5) is 0.765. The fourth-order valence-corrected chi connectivity index (χ4v) is 2.54. The molecular formula is C14H22FNS. The van der Waals surface area contributed by atoms with Gasteiger partial charge in [0.05, 0.1) is 0 Å². The van der Waals surface area contributed by atoms with Crippen LogP contribution in [0.25, 0.3) is 0 Å². The van der Waals surface area contributed by atoms with Crippen LogP contribution in [0.3, 0.4) is 0 Å². The summed E-state index contributed by atoms with van der Waals surface area (Å²) in [5.41, 5.74) is 0. The fraction of sp³-hybridized carbons (Fsp3) is 0.571. The van der Waals surface area contributed by atoms with Crippen molar-refractivity contribution >= 4 is 11.8 Å². The molecule has 0 aliphatic heterocycles. The molecule has 0 radical (unpaired) electrons. The molecule has 1 atom stereocenters. The topological polar surface area (TPSA) is 12.0 Å². The molecule has 17 heavy (non-hydrogen) atoms. The van der Waals surface area contributed by atoms with Crippen molar-refractivity contribution in [2.75, 3.05) is 12.3 Å². The lowest BCUT2D eigenvalue weighted by Gasteiger charge is -2.12. The van der Waals surface area contributed by atoms with E-state index >= 15 is 0 Å². The van der Waals surface area contributed by atoms with Crippen LogP contribution in [0.2, 0.25) is 0 Å². The highest BCUT2D eigenvalue weighted by atomic mass is 32.2. The molecule has 1 aromatic rings. The lowest BCUT2D eigenvalue weighted by molar-refractivity contribution is 0.510. The summed E-state index contributed by atoms with van der Waals surface area (Å²) < 4.78 is 13.3. The molecule has 0 spiro atoms. The highest BCUT2D eigenvalue weighted by Crippen LogP contribution is 2.22. The highest BCUT2D eigenvalue weighted by Gasteiger charge is 2.03. The molecule has 0 saturated carbocycles. The highest BCUT2D eigenvalue weighted by molar-refractivity contribution is 7.99. The lowest BCUT2D eigenvalue weighted by Crippen LogP contribution is -2.26. The van der Waals surface area contributed by atoms with Crippen LogP contribution in [0.5, 0.6) is 0 Å². The number of thioether (sulfide) groups is 1. The van der Waals surface area contributed by atoms with E-state index < -0.39 is 0 Å². The van der Waals surface area contributed by atoms with E-state index in [1.807, 2.05) is 12.1 Å². The van der Waals surface area contributed by atoms with Gasteiger partial charge in [-0.2, -0.15) is 0 Å². The fourth-order valence-electron chi connectivity index (χ4n) is 1.63. The van der Waals surface area contributed by atoms with Gasteiger partial charge in [0.1, 0.15) is 5.82 Å². The summed E-state index contributed by atoms with van der Waals surface area (Å²) in [5, 5.41) is 3.46. The molecule has 1 rings (SSSR count). The van der Waals surface area contributed by atoms with Crippen molar-refractivity contribution in [1.29, 1.82) is 0 Å². The largest absolute Gasteiger partial charge is 0.314 e. The molecule has 0 aliphatic carbocycles. The maximum Gasteiger partial charge on any atom is 0.136 e. The third kappa shape index (κ3) is 6.08. The summed E-state index contributed by atoms with van der Waals surface area (Å²) in [6.45, 7) is 5.47. The molecule has 0 aliphatic rings. The molecule has 96 valence electrons. The molecule has 1 unspecified atom stereocenters. The monoisotopic (exact) mass is 255 g/mol. The Hall–Kier alpha value is -0.540. The van der Waals surface area contributed by atoms with Crippen LogP contribution in [-0.4, -0.2) is 18.3 Å². The van der Waals surface area contributed by atoms with E-state index in [4.69, 9.17) is 0 Å². The molecule has 1 N–H and O–H groups in total. The minimum atomic E-state index is -0.102. The van der Waals surface area contributed by atoms with Gasteiger partial charge in [0.25, 0.3) is 0 Å². The lowest BCUT2D eigenvalue weighted by atomic mass is 10.2. The zero-order valence-corrected chi connectivity index (χ0v) is 11.5. The van der Waals surface area contributed by atoms with Crippen LogP contribution < -0.4 is 5.32 Å². The van der Waals surface area contributed by atoms with Crippen molar-refractivity contribution in [3.05, 3.63) is 30.1 Å². The molecule has 0 saturated heterocycles. The number of benzene rings is 1. The van der Waals surface area contributed by atoms with Gasteiger partial charge in [-0.15, -0.1) is 11.8 Å². The van der Waals surface area contributed by atoms with Crippen LogP contribution >= 0.6 is 11.8 Å². The van der Waals surface area contributed by atoms with Gasteiger partial charge in [-0.1, -0.05) is 19.1 Å². The summed E-state index contributed by atoms with van der Waals surface area (Å²) in [6.07, 6.45) is 3.45. The first-order valence-corrected chi connectivity index (χ1v) is 7.33. The smallest absolute Gasteiger partial charge is 0.136 e. The average Bonchev–Trinajstić information content (AvgIpc) is 2.34. The zero-order valence-electron chi connectivity index (χ0n) is 10.7. The van der Waals surface area contributed by atoms with E-state index in [1.165, 1.54) is 12.5 Å². The van der Waals surface area contributed by atoms with Crippen molar-refractivity contribution in [1.82, 2.24) is 5.32 Å². The molecule has 3 heteroatoms. The van der Waals surface area contributed by atoms with E-state index in [0.717, 1.165) is 30.0 Å². The number of halogens is 1. The Labute approximate surface area is 108 Å². The Balaban J connectivity index is 2.14. The van der Waals surface area contributed by atoms with Crippen LogP contribution in [0.1, 0.15) is 33.1 Å². The molecule has 0 fully saturated rings. The minimum Gasteiger partial charge on any atom is -0.314 e. The van der Waals surface area contributed by atoms with Crippen LogP contribution in [0.4, 0.5) is 4.39 Å². The van der Waals surface area contributed by atoms with Crippen molar-refractivity contribution < 1.29 is 4.39 Å². The standard InChI is InChI=1S/C14H22FNS/c1-3-10-16-12(2)7-6-11-17-14-9-5-4-8-13(14)15/h4-5,8-9,12,16H,3,6-7,10-11H2,1-2H3. The zero-order chi connectivity index (χ0) is 12.5. The SMILES string of the molecule is CCCNC(C)CCCSc1ccccc1F.